The summed E-state index contributed by atoms with van der Waals surface area (Å²) < 4.78 is 11.7. The van der Waals surface area contributed by atoms with Crippen LogP contribution >= 0.6 is 0 Å². The number of fused-ring (bicyclic) bond motifs is 1. The van der Waals surface area contributed by atoms with Crippen LogP contribution in [0.25, 0.3) is 0 Å². The zero-order valence-corrected chi connectivity index (χ0v) is 16.5. The number of hydrogen-bond donors (Lipinski definition) is 2. The lowest BCUT2D eigenvalue weighted by atomic mass is 9.74. The van der Waals surface area contributed by atoms with Gasteiger partial charge < -0.3 is 20.1 Å². The van der Waals surface area contributed by atoms with E-state index < -0.39 is 0 Å². The molecule has 0 saturated carbocycles. The van der Waals surface area contributed by atoms with E-state index in [-0.39, 0.29) is 11.5 Å². The average Bonchev–Trinajstić information content (AvgIpc) is 3.18. The third-order valence-electron chi connectivity index (χ3n) is 5.86. The summed E-state index contributed by atoms with van der Waals surface area (Å²) in [5.41, 5.74) is 2.73. The predicted molar refractivity (Wildman–Crippen MR) is 112 cm³/mol. The molecule has 1 atom stereocenters. The molecule has 1 saturated heterocycles. The molecule has 4 rings (SSSR count). The zero-order valence-electron chi connectivity index (χ0n) is 16.5. The Morgan fingerprint density at radius 2 is 1.79 bits per heavy atom. The van der Waals surface area contributed by atoms with E-state index in [0.29, 0.717) is 0 Å². The number of ether oxygens (including phenoxy) is 2. The fraction of sp³-hybridized carbons (Fsp3) is 0.435. The van der Waals surface area contributed by atoms with Crippen molar-refractivity contribution in [3.05, 3.63) is 65.7 Å². The highest BCUT2D eigenvalue weighted by molar-refractivity contribution is 5.79. The van der Waals surface area contributed by atoms with E-state index in [2.05, 4.69) is 58.1 Å². The van der Waals surface area contributed by atoms with E-state index >= 15 is 0 Å². The zero-order chi connectivity index (χ0) is 19.2. The Hall–Kier alpha value is -2.53. The first kappa shape index (κ1) is 18.8. The van der Waals surface area contributed by atoms with Crippen LogP contribution in [0.15, 0.2) is 59.6 Å². The van der Waals surface area contributed by atoms with Crippen molar-refractivity contribution in [1.29, 1.82) is 0 Å². The van der Waals surface area contributed by atoms with Crippen LogP contribution < -0.4 is 15.4 Å². The Kier molecular flexibility index (Phi) is 5.81. The van der Waals surface area contributed by atoms with Gasteiger partial charge in [-0.15, -0.1) is 0 Å². The number of guanidine groups is 1. The van der Waals surface area contributed by atoms with Crippen LogP contribution in [-0.2, 0) is 16.6 Å². The Morgan fingerprint density at radius 1 is 1.04 bits per heavy atom. The second kappa shape index (κ2) is 8.65. The SMILES string of the molecule is CN=C(NCC1Cc2ccccc2O1)NCC1(c2ccccc2)CCOCC1. The van der Waals surface area contributed by atoms with Gasteiger partial charge in [-0.25, -0.2) is 0 Å². The van der Waals surface area contributed by atoms with Crippen LogP contribution in [-0.4, -0.2) is 45.4 Å². The number of para-hydroxylation sites is 1. The maximum absolute atomic E-state index is 6.02. The maximum atomic E-state index is 6.02. The molecule has 2 N–H and O–H groups in total. The Balaban J connectivity index is 1.34. The van der Waals surface area contributed by atoms with Crippen LogP contribution in [0.3, 0.4) is 0 Å². The lowest BCUT2D eigenvalue weighted by molar-refractivity contribution is 0.0513. The Bertz CT molecular complexity index is 776. The topological polar surface area (TPSA) is 54.9 Å². The minimum atomic E-state index is 0.0806. The Labute approximate surface area is 167 Å². The molecular formula is C23H29N3O2. The van der Waals surface area contributed by atoms with Crippen LogP contribution in [0.2, 0.25) is 0 Å². The van der Waals surface area contributed by atoms with Crippen LogP contribution in [0, 0.1) is 0 Å². The first-order valence-corrected chi connectivity index (χ1v) is 10.1. The number of rotatable bonds is 5. The highest BCUT2D eigenvalue weighted by Crippen LogP contribution is 2.34. The average molecular weight is 380 g/mol. The van der Waals surface area contributed by atoms with E-state index in [1.165, 1.54) is 11.1 Å². The lowest BCUT2D eigenvalue weighted by Crippen LogP contribution is -2.49. The van der Waals surface area contributed by atoms with Gasteiger partial charge in [0.15, 0.2) is 5.96 Å². The minimum Gasteiger partial charge on any atom is -0.488 e. The fourth-order valence-electron chi connectivity index (χ4n) is 4.17. The van der Waals surface area contributed by atoms with E-state index in [9.17, 15) is 0 Å². The normalized spacial score (nSPS) is 20.9. The van der Waals surface area contributed by atoms with Gasteiger partial charge in [0.1, 0.15) is 11.9 Å². The van der Waals surface area contributed by atoms with Crippen LogP contribution in [0.1, 0.15) is 24.0 Å². The van der Waals surface area contributed by atoms with Gasteiger partial charge in [0, 0.05) is 38.6 Å². The molecule has 2 aromatic carbocycles. The van der Waals surface area contributed by atoms with E-state index in [4.69, 9.17) is 9.47 Å². The van der Waals surface area contributed by atoms with Crippen molar-refractivity contribution in [2.45, 2.75) is 30.8 Å². The van der Waals surface area contributed by atoms with E-state index in [1.807, 2.05) is 19.2 Å². The molecule has 0 aromatic heterocycles. The molecule has 1 fully saturated rings. The molecule has 0 spiro atoms. The molecule has 28 heavy (non-hydrogen) atoms. The molecular weight excluding hydrogens is 350 g/mol. The number of nitrogens with zero attached hydrogens (tertiary/aromatic N) is 1. The summed E-state index contributed by atoms with van der Waals surface area (Å²) in [5.74, 6) is 1.82. The molecule has 0 bridgehead atoms. The maximum Gasteiger partial charge on any atom is 0.191 e. The third kappa shape index (κ3) is 4.14. The van der Waals surface area contributed by atoms with Crippen molar-refractivity contribution in [2.75, 3.05) is 33.4 Å². The molecule has 2 aromatic rings. The fourth-order valence-corrected chi connectivity index (χ4v) is 4.17. The van der Waals surface area contributed by atoms with Gasteiger partial charge in [0.05, 0.1) is 6.54 Å². The second-order valence-electron chi connectivity index (χ2n) is 7.62. The molecule has 148 valence electrons. The molecule has 1 unspecified atom stereocenters. The standard InChI is InChI=1S/C23H29N3O2/c1-24-22(25-16-20-15-18-7-5-6-10-21(18)28-20)26-17-23(11-13-27-14-12-23)19-8-3-2-4-9-19/h2-10,20H,11-17H2,1H3,(H2,24,25,26). The first-order valence-electron chi connectivity index (χ1n) is 10.1. The molecule has 2 heterocycles. The highest BCUT2D eigenvalue weighted by Gasteiger charge is 2.34. The van der Waals surface area contributed by atoms with Gasteiger partial charge in [-0.3, -0.25) is 4.99 Å². The predicted octanol–water partition coefficient (Wildman–Crippen LogP) is 2.90. The summed E-state index contributed by atoms with van der Waals surface area (Å²) in [6.45, 7) is 3.18. The highest BCUT2D eigenvalue weighted by atomic mass is 16.5. The number of aliphatic imine (C=N–C) groups is 1. The summed E-state index contributed by atoms with van der Waals surface area (Å²) in [7, 11) is 1.82. The molecule has 5 heteroatoms. The van der Waals surface area contributed by atoms with Crippen molar-refractivity contribution in [1.82, 2.24) is 10.6 Å². The van der Waals surface area contributed by atoms with Gasteiger partial charge in [0.25, 0.3) is 0 Å². The molecule has 0 amide bonds. The molecule has 2 aliphatic heterocycles. The van der Waals surface area contributed by atoms with Crippen molar-refractivity contribution in [2.24, 2.45) is 4.99 Å². The third-order valence-corrected chi connectivity index (χ3v) is 5.86. The number of hydrogen-bond acceptors (Lipinski definition) is 3. The van der Waals surface area contributed by atoms with Crippen molar-refractivity contribution in [3.63, 3.8) is 0 Å². The van der Waals surface area contributed by atoms with Crippen molar-refractivity contribution in [3.8, 4) is 5.75 Å². The summed E-state index contributed by atoms with van der Waals surface area (Å²) in [6.07, 6.45) is 3.11. The quantitative estimate of drug-likeness (QED) is 0.620. The number of benzene rings is 2. The van der Waals surface area contributed by atoms with Gasteiger partial charge in [-0.1, -0.05) is 48.5 Å². The summed E-state index contributed by atoms with van der Waals surface area (Å²) in [5, 5.41) is 6.99. The monoisotopic (exact) mass is 379 g/mol. The van der Waals surface area contributed by atoms with Crippen LogP contribution in [0.4, 0.5) is 0 Å². The van der Waals surface area contributed by atoms with E-state index in [1.54, 1.807) is 0 Å². The Morgan fingerprint density at radius 3 is 2.54 bits per heavy atom. The van der Waals surface area contributed by atoms with E-state index in [0.717, 1.165) is 57.3 Å². The molecule has 0 aliphatic carbocycles. The van der Waals surface area contributed by atoms with Gasteiger partial charge in [-0.05, 0) is 30.0 Å². The molecule has 2 aliphatic rings. The molecule has 0 radical (unpaired) electrons. The largest absolute Gasteiger partial charge is 0.488 e. The summed E-state index contributed by atoms with van der Waals surface area (Å²) in [4.78, 5) is 4.41. The first-order chi connectivity index (χ1) is 13.8. The molecule has 5 nitrogen and oxygen atoms in total. The van der Waals surface area contributed by atoms with Crippen molar-refractivity contribution < 1.29 is 9.47 Å². The smallest absolute Gasteiger partial charge is 0.191 e. The van der Waals surface area contributed by atoms with Gasteiger partial charge >= 0.3 is 0 Å². The number of nitrogens with one attached hydrogen (secondary N) is 2. The van der Waals surface area contributed by atoms with Crippen molar-refractivity contribution >= 4 is 5.96 Å². The minimum absolute atomic E-state index is 0.0806. The summed E-state index contributed by atoms with van der Waals surface area (Å²) in [6, 6.07) is 19.0. The lowest BCUT2D eigenvalue weighted by Gasteiger charge is -2.38. The van der Waals surface area contributed by atoms with Gasteiger partial charge in [0.2, 0.25) is 0 Å². The van der Waals surface area contributed by atoms with Gasteiger partial charge in [-0.2, -0.15) is 0 Å². The second-order valence-corrected chi connectivity index (χ2v) is 7.62. The summed E-state index contributed by atoms with van der Waals surface area (Å²) >= 11 is 0. The van der Waals surface area contributed by atoms with Crippen LogP contribution in [0.5, 0.6) is 5.75 Å².